The number of aryl methyl sites for hydroxylation is 1. The maximum Gasteiger partial charge on any atom is 0.418 e. The second-order valence-electron chi connectivity index (χ2n) is 10.9. The summed E-state index contributed by atoms with van der Waals surface area (Å²) in [6.45, 7) is 6.89. The van der Waals surface area contributed by atoms with Crippen LogP contribution >= 0.6 is 0 Å². The number of amides is 3. The van der Waals surface area contributed by atoms with Crippen molar-refractivity contribution in [3.8, 4) is 11.6 Å². The normalized spacial score (nSPS) is 13.0. The van der Waals surface area contributed by atoms with E-state index in [0.29, 0.717) is 6.20 Å². The van der Waals surface area contributed by atoms with Gasteiger partial charge in [-0.2, -0.15) is 21.9 Å². The Labute approximate surface area is 257 Å². The van der Waals surface area contributed by atoms with E-state index in [1.54, 1.807) is 20.8 Å². The van der Waals surface area contributed by atoms with Crippen molar-refractivity contribution in [2.24, 2.45) is 4.36 Å². The topological polar surface area (TPSA) is 140 Å². The SMILES string of the molecule is Cc1nc(F)ccc1Oc1ncc(C(F)(F)F)c(C)c1C(=O)Nc1cccc([S@@](C)(=O)=NC(=O)CN(C)C(=O)OC(C)(C)C)c1. The molecule has 0 saturated carbocycles. The monoisotopic (exact) mass is 653 g/mol. The van der Waals surface area contributed by atoms with Crippen LogP contribution in [0.1, 0.15) is 48.0 Å². The van der Waals surface area contributed by atoms with Gasteiger partial charge in [0.2, 0.25) is 11.8 Å². The Kier molecular flexibility index (Phi) is 10.2. The summed E-state index contributed by atoms with van der Waals surface area (Å²) in [7, 11) is -2.10. The van der Waals surface area contributed by atoms with Gasteiger partial charge in [-0.05, 0) is 70.5 Å². The van der Waals surface area contributed by atoms with Crippen molar-refractivity contribution in [3.05, 3.63) is 70.9 Å². The molecule has 0 aliphatic carbocycles. The molecule has 0 aliphatic heterocycles. The van der Waals surface area contributed by atoms with Gasteiger partial charge in [-0.25, -0.2) is 19.0 Å². The Morgan fingerprint density at radius 1 is 1.09 bits per heavy atom. The average molecular weight is 654 g/mol. The molecule has 1 N–H and O–H groups in total. The van der Waals surface area contributed by atoms with E-state index in [9.17, 15) is 36.2 Å². The Balaban J connectivity index is 1.93. The van der Waals surface area contributed by atoms with Crippen LogP contribution < -0.4 is 10.1 Å². The number of ether oxygens (including phenoxy) is 2. The van der Waals surface area contributed by atoms with E-state index in [-0.39, 0.29) is 22.0 Å². The number of benzene rings is 1. The summed E-state index contributed by atoms with van der Waals surface area (Å²) < 4.78 is 82.5. The van der Waals surface area contributed by atoms with Crippen LogP contribution in [0.4, 0.5) is 28.0 Å². The largest absolute Gasteiger partial charge is 0.444 e. The first kappa shape index (κ1) is 34.9. The molecule has 45 heavy (non-hydrogen) atoms. The molecule has 1 atom stereocenters. The summed E-state index contributed by atoms with van der Waals surface area (Å²) in [5.74, 6) is -3.30. The predicted octanol–water partition coefficient (Wildman–Crippen LogP) is 6.15. The predicted molar refractivity (Wildman–Crippen MR) is 156 cm³/mol. The highest BCUT2D eigenvalue weighted by Gasteiger charge is 2.36. The van der Waals surface area contributed by atoms with Crippen molar-refractivity contribution in [2.75, 3.05) is 25.2 Å². The van der Waals surface area contributed by atoms with Crippen molar-refractivity contribution >= 4 is 33.3 Å². The molecule has 3 rings (SSSR count). The lowest BCUT2D eigenvalue weighted by Crippen LogP contribution is -2.37. The second-order valence-corrected chi connectivity index (χ2v) is 13.2. The van der Waals surface area contributed by atoms with Crippen LogP contribution in [0.2, 0.25) is 0 Å². The number of anilines is 1. The first-order chi connectivity index (χ1) is 20.7. The molecule has 0 spiro atoms. The lowest BCUT2D eigenvalue weighted by molar-refractivity contribution is -0.138. The Morgan fingerprint density at radius 2 is 1.76 bits per heavy atom. The molecule has 0 bridgehead atoms. The van der Waals surface area contributed by atoms with Crippen LogP contribution in [-0.2, 0) is 25.4 Å². The van der Waals surface area contributed by atoms with Gasteiger partial charge in [-0.3, -0.25) is 9.59 Å². The summed E-state index contributed by atoms with van der Waals surface area (Å²) >= 11 is 0. The zero-order valence-electron chi connectivity index (χ0n) is 25.4. The first-order valence-electron chi connectivity index (χ1n) is 13.2. The molecule has 242 valence electrons. The van der Waals surface area contributed by atoms with Gasteiger partial charge in [0.25, 0.3) is 11.8 Å². The molecule has 0 fully saturated rings. The molecule has 0 saturated heterocycles. The van der Waals surface area contributed by atoms with Crippen LogP contribution in [0, 0.1) is 19.8 Å². The first-order valence-corrected chi connectivity index (χ1v) is 15.1. The zero-order valence-corrected chi connectivity index (χ0v) is 26.2. The smallest absolute Gasteiger partial charge is 0.418 e. The van der Waals surface area contributed by atoms with E-state index >= 15 is 0 Å². The molecule has 1 aromatic carbocycles. The highest BCUT2D eigenvalue weighted by Crippen LogP contribution is 2.37. The highest BCUT2D eigenvalue weighted by atomic mass is 32.2. The fourth-order valence-corrected chi connectivity index (χ4v) is 5.05. The van der Waals surface area contributed by atoms with Crippen molar-refractivity contribution < 1.29 is 45.6 Å². The van der Waals surface area contributed by atoms with Crippen molar-refractivity contribution in [1.82, 2.24) is 14.9 Å². The molecule has 0 aliphatic rings. The number of carbonyl (C=O) groups excluding carboxylic acids is 3. The Bertz CT molecular complexity index is 1760. The lowest BCUT2D eigenvalue weighted by atomic mass is 10.0. The van der Waals surface area contributed by atoms with Crippen molar-refractivity contribution in [1.29, 1.82) is 0 Å². The number of alkyl halides is 3. The summed E-state index contributed by atoms with van der Waals surface area (Å²) in [5, 5.41) is 2.44. The van der Waals surface area contributed by atoms with Crippen molar-refractivity contribution in [3.63, 3.8) is 0 Å². The van der Waals surface area contributed by atoms with Gasteiger partial charge >= 0.3 is 12.3 Å². The van der Waals surface area contributed by atoms with Gasteiger partial charge in [0.15, 0.2) is 5.75 Å². The van der Waals surface area contributed by atoms with E-state index in [1.165, 1.54) is 50.6 Å². The maximum atomic E-state index is 13.7. The third kappa shape index (κ3) is 9.20. The van der Waals surface area contributed by atoms with Gasteiger partial charge in [-0.15, -0.1) is 0 Å². The minimum atomic E-state index is -4.85. The minimum Gasteiger partial charge on any atom is -0.444 e. The fraction of sp³-hybridized carbons (Fsp3) is 0.345. The number of likely N-dealkylation sites (N-methyl/N-ethyl adjacent to an activating group) is 1. The number of rotatable bonds is 7. The molecule has 16 heteroatoms. The molecular formula is C29H31F4N5O6S. The van der Waals surface area contributed by atoms with Gasteiger partial charge in [-0.1, -0.05) is 6.07 Å². The Hall–Kier alpha value is -4.60. The fourth-order valence-electron chi connectivity index (χ4n) is 3.83. The highest BCUT2D eigenvalue weighted by molar-refractivity contribution is 7.93. The van der Waals surface area contributed by atoms with Crippen LogP contribution in [0.3, 0.4) is 0 Å². The molecule has 0 radical (unpaired) electrons. The summed E-state index contributed by atoms with van der Waals surface area (Å²) in [6.07, 6.45) is -3.95. The molecule has 3 amide bonds. The number of nitrogens with zero attached hydrogens (tertiary/aromatic N) is 4. The number of hydrogen-bond donors (Lipinski definition) is 1. The van der Waals surface area contributed by atoms with Crippen molar-refractivity contribution in [2.45, 2.75) is 51.3 Å². The van der Waals surface area contributed by atoms with E-state index in [1.807, 2.05) is 0 Å². The minimum absolute atomic E-state index is 0.00277. The Morgan fingerprint density at radius 3 is 2.36 bits per heavy atom. The summed E-state index contributed by atoms with van der Waals surface area (Å²) in [4.78, 5) is 46.4. The van der Waals surface area contributed by atoms with Crippen LogP contribution in [0.25, 0.3) is 0 Å². The standard InChI is InChI=1S/C29H31F4N5O6S/c1-16-20(29(31,32)33)14-34-26(43-21-11-12-22(30)35-17(21)2)24(16)25(40)36-18-9-8-10-19(13-18)45(7,42)37-23(39)15-38(6)27(41)44-28(3,4)5/h8-14H,15H2,1-7H3,(H,36,40)/t45-/m1/s1. The number of hydrogen-bond acceptors (Lipinski definition) is 8. The quantitative estimate of drug-likeness (QED) is 0.237. The van der Waals surface area contributed by atoms with Gasteiger partial charge in [0.1, 0.15) is 17.7 Å². The molecule has 0 unspecified atom stereocenters. The maximum absolute atomic E-state index is 13.7. The summed E-state index contributed by atoms with van der Waals surface area (Å²) in [6, 6.07) is 7.54. The van der Waals surface area contributed by atoms with Crippen LogP contribution in [0.15, 0.2) is 51.9 Å². The van der Waals surface area contributed by atoms with E-state index in [0.717, 1.165) is 17.9 Å². The molecular weight excluding hydrogens is 622 g/mol. The molecule has 2 aromatic heterocycles. The third-order valence-corrected chi connectivity index (χ3v) is 7.61. The molecule has 3 aromatic rings. The number of aromatic nitrogens is 2. The lowest BCUT2D eigenvalue weighted by Gasteiger charge is -2.23. The van der Waals surface area contributed by atoms with Gasteiger partial charge < -0.3 is 19.7 Å². The van der Waals surface area contributed by atoms with E-state index in [4.69, 9.17) is 9.47 Å². The van der Waals surface area contributed by atoms with E-state index < -0.39 is 74.5 Å². The molecule has 2 heterocycles. The number of halogens is 4. The third-order valence-electron chi connectivity index (χ3n) is 5.93. The zero-order chi connectivity index (χ0) is 33.9. The number of carbonyl (C=O) groups is 3. The number of nitrogens with one attached hydrogen (secondary N) is 1. The summed E-state index contributed by atoms with van der Waals surface area (Å²) in [5.41, 5.74) is -3.00. The van der Waals surface area contributed by atoms with Crippen LogP contribution in [0.5, 0.6) is 11.6 Å². The van der Waals surface area contributed by atoms with E-state index in [2.05, 4.69) is 19.6 Å². The van der Waals surface area contributed by atoms with Gasteiger partial charge in [0, 0.05) is 30.1 Å². The van der Waals surface area contributed by atoms with Gasteiger partial charge in [0.05, 0.1) is 21.0 Å². The second kappa shape index (κ2) is 13.2. The average Bonchev–Trinajstić information content (AvgIpc) is 2.88. The number of pyridine rings is 2. The van der Waals surface area contributed by atoms with Crippen LogP contribution in [-0.4, -0.2) is 62.4 Å². The molecule has 11 nitrogen and oxygen atoms in total.